The molecular weight excluding hydrogens is 191 g/mol. The summed E-state index contributed by atoms with van der Waals surface area (Å²) in [5, 5.41) is 3.31. The van der Waals surface area contributed by atoms with Crippen molar-refractivity contribution in [3.8, 4) is 0 Å². The average molecular weight is 206 g/mol. The molecule has 0 radical (unpaired) electrons. The molecule has 1 aliphatic heterocycles. The Balaban J connectivity index is 2.40. The summed E-state index contributed by atoms with van der Waals surface area (Å²) in [5.41, 5.74) is 9.41. The Morgan fingerprint density at radius 2 is 2.20 bits per heavy atom. The second-order valence-electron chi connectivity index (χ2n) is 3.92. The molecule has 1 aromatic rings. The summed E-state index contributed by atoms with van der Waals surface area (Å²) in [5.74, 6) is -0.347. The molecule has 2 nitrogen and oxygen atoms in total. The lowest BCUT2D eigenvalue weighted by Gasteiger charge is -2.19. The van der Waals surface area contributed by atoms with Gasteiger partial charge in [-0.2, -0.15) is 0 Å². The second kappa shape index (κ2) is 4.03. The van der Waals surface area contributed by atoms with Gasteiger partial charge in [-0.15, -0.1) is 0 Å². The van der Waals surface area contributed by atoms with Crippen molar-refractivity contribution in [2.24, 2.45) is 0 Å². The van der Waals surface area contributed by atoms with E-state index in [1.165, 1.54) is 17.2 Å². The summed E-state index contributed by atoms with van der Waals surface area (Å²) in [6, 6.07) is 4.93. The van der Waals surface area contributed by atoms with Crippen molar-refractivity contribution in [3.63, 3.8) is 0 Å². The van der Waals surface area contributed by atoms with Crippen LogP contribution in [0.5, 0.6) is 0 Å². The molecule has 0 aliphatic carbocycles. The van der Waals surface area contributed by atoms with Crippen molar-refractivity contribution in [1.29, 1.82) is 0 Å². The summed E-state index contributed by atoms with van der Waals surface area (Å²) >= 11 is 0. The van der Waals surface area contributed by atoms with Crippen LogP contribution >= 0.6 is 0 Å². The van der Waals surface area contributed by atoms with E-state index >= 15 is 0 Å². The van der Waals surface area contributed by atoms with Gasteiger partial charge in [0.2, 0.25) is 0 Å². The molecule has 0 fully saturated rings. The molecule has 0 bridgehead atoms. The smallest absolute Gasteiger partial charge is 0.146 e. The van der Waals surface area contributed by atoms with Crippen LogP contribution in [0.1, 0.15) is 18.9 Å². The number of hydrogen-bond acceptors (Lipinski definition) is 2. The lowest BCUT2D eigenvalue weighted by molar-refractivity contribution is 0.632. The second-order valence-corrected chi connectivity index (χ2v) is 3.92. The fourth-order valence-electron chi connectivity index (χ4n) is 1.87. The molecule has 2 rings (SSSR count). The van der Waals surface area contributed by atoms with Crippen LogP contribution in [0, 0.1) is 5.82 Å². The molecule has 0 unspecified atom stereocenters. The molecule has 0 aromatic heterocycles. The van der Waals surface area contributed by atoms with Crippen molar-refractivity contribution < 1.29 is 4.39 Å². The molecule has 0 saturated heterocycles. The maximum Gasteiger partial charge on any atom is 0.146 e. The minimum Gasteiger partial charge on any atom is -0.396 e. The van der Waals surface area contributed by atoms with Crippen LogP contribution in [-0.2, 0) is 0 Å². The van der Waals surface area contributed by atoms with E-state index < -0.39 is 0 Å². The van der Waals surface area contributed by atoms with E-state index in [2.05, 4.69) is 12.2 Å². The Labute approximate surface area is 89.0 Å². The number of rotatable bonds is 1. The lowest BCUT2D eigenvalue weighted by atomic mass is 9.96. The van der Waals surface area contributed by atoms with Gasteiger partial charge in [-0.25, -0.2) is 4.39 Å². The highest BCUT2D eigenvalue weighted by Crippen LogP contribution is 2.25. The van der Waals surface area contributed by atoms with E-state index in [1.54, 1.807) is 12.1 Å². The zero-order chi connectivity index (χ0) is 10.8. The average Bonchev–Trinajstić information content (AvgIpc) is 2.23. The van der Waals surface area contributed by atoms with Crippen LogP contribution in [-0.4, -0.2) is 13.1 Å². The van der Waals surface area contributed by atoms with Gasteiger partial charge in [-0.05, 0) is 43.2 Å². The Bertz CT molecular complexity index is 410. The van der Waals surface area contributed by atoms with E-state index in [0.717, 1.165) is 25.1 Å². The van der Waals surface area contributed by atoms with Crippen LogP contribution in [0.4, 0.5) is 10.1 Å². The number of nitrogens with one attached hydrogen (secondary N) is 1. The first-order valence-corrected chi connectivity index (χ1v) is 5.13. The van der Waals surface area contributed by atoms with Gasteiger partial charge < -0.3 is 11.1 Å². The quantitative estimate of drug-likeness (QED) is 0.691. The highest BCUT2D eigenvalue weighted by molar-refractivity contribution is 5.72. The zero-order valence-electron chi connectivity index (χ0n) is 8.81. The SMILES string of the molecule is CC1=C(c2ccc(F)c(N)c2)CNCC1. The number of hydrogen-bond donors (Lipinski definition) is 2. The fourth-order valence-corrected chi connectivity index (χ4v) is 1.87. The molecule has 1 heterocycles. The maximum absolute atomic E-state index is 13.0. The van der Waals surface area contributed by atoms with Crippen LogP contribution in [0.2, 0.25) is 0 Å². The Hall–Kier alpha value is -1.35. The van der Waals surface area contributed by atoms with Crippen molar-refractivity contribution in [2.75, 3.05) is 18.8 Å². The molecule has 0 spiro atoms. The van der Waals surface area contributed by atoms with Crippen molar-refractivity contribution >= 4 is 11.3 Å². The predicted molar refractivity (Wildman–Crippen MR) is 60.9 cm³/mol. The first-order valence-electron chi connectivity index (χ1n) is 5.13. The Morgan fingerprint density at radius 3 is 2.87 bits per heavy atom. The van der Waals surface area contributed by atoms with Gasteiger partial charge in [-0.3, -0.25) is 0 Å². The van der Waals surface area contributed by atoms with E-state index in [9.17, 15) is 4.39 Å². The highest BCUT2D eigenvalue weighted by Gasteiger charge is 2.11. The Morgan fingerprint density at radius 1 is 1.40 bits per heavy atom. The third kappa shape index (κ3) is 2.02. The highest BCUT2D eigenvalue weighted by atomic mass is 19.1. The summed E-state index contributed by atoms with van der Waals surface area (Å²) < 4.78 is 13.0. The first-order chi connectivity index (χ1) is 7.18. The molecule has 0 amide bonds. The summed E-state index contributed by atoms with van der Waals surface area (Å²) in [4.78, 5) is 0. The molecule has 15 heavy (non-hydrogen) atoms. The van der Waals surface area contributed by atoms with Crippen LogP contribution in [0.25, 0.3) is 5.57 Å². The van der Waals surface area contributed by atoms with Gasteiger partial charge in [0, 0.05) is 6.54 Å². The third-order valence-corrected chi connectivity index (χ3v) is 2.84. The summed E-state index contributed by atoms with van der Waals surface area (Å²) in [6.07, 6.45) is 1.05. The third-order valence-electron chi connectivity index (χ3n) is 2.84. The maximum atomic E-state index is 13.0. The van der Waals surface area contributed by atoms with Crippen molar-refractivity contribution in [3.05, 3.63) is 35.2 Å². The molecular formula is C12H15FN2. The van der Waals surface area contributed by atoms with Gasteiger partial charge in [-0.1, -0.05) is 11.6 Å². The van der Waals surface area contributed by atoms with E-state index in [4.69, 9.17) is 5.73 Å². The van der Waals surface area contributed by atoms with Gasteiger partial charge in [0.1, 0.15) is 5.82 Å². The van der Waals surface area contributed by atoms with E-state index in [1.807, 2.05) is 0 Å². The summed E-state index contributed by atoms with van der Waals surface area (Å²) in [7, 11) is 0. The zero-order valence-corrected chi connectivity index (χ0v) is 8.81. The molecule has 80 valence electrons. The van der Waals surface area contributed by atoms with Crippen molar-refractivity contribution in [1.82, 2.24) is 5.32 Å². The molecule has 1 aromatic carbocycles. The van der Waals surface area contributed by atoms with Gasteiger partial charge in [0.25, 0.3) is 0 Å². The number of anilines is 1. The fraction of sp³-hybridized carbons (Fsp3) is 0.333. The Kier molecular flexibility index (Phi) is 2.73. The predicted octanol–water partition coefficient (Wildman–Crippen LogP) is 2.17. The lowest BCUT2D eigenvalue weighted by Crippen LogP contribution is -2.23. The number of nitrogens with two attached hydrogens (primary N) is 1. The van der Waals surface area contributed by atoms with Crippen LogP contribution in [0.3, 0.4) is 0 Å². The molecule has 1 aliphatic rings. The molecule has 0 saturated carbocycles. The van der Waals surface area contributed by atoms with Crippen molar-refractivity contribution in [2.45, 2.75) is 13.3 Å². The minimum atomic E-state index is -0.347. The minimum absolute atomic E-state index is 0.221. The molecule has 0 atom stereocenters. The van der Waals surface area contributed by atoms with E-state index in [0.29, 0.717) is 0 Å². The molecule has 3 heteroatoms. The van der Waals surface area contributed by atoms with E-state index in [-0.39, 0.29) is 11.5 Å². The normalized spacial score (nSPS) is 16.9. The summed E-state index contributed by atoms with van der Waals surface area (Å²) in [6.45, 7) is 3.98. The molecule has 3 N–H and O–H groups in total. The number of benzene rings is 1. The monoisotopic (exact) mass is 206 g/mol. The van der Waals surface area contributed by atoms with Gasteiger partial charge in [0.05, 0.1) is 5.69 Å². The largest absolute Gasteiger partial charge is 0.396 e. The topological polar surface area (TPSA) is 38.0 Å². The first kappa shape index (κ1) is 10.2. The van der Waals surface area contributed by atoms with Gasteiger partial charge in [0.15, 0.2) is 0 Å². The van der Waals surface area contributed by atoms with Crippen LogP contribution in [0.15, 0.2) is 23.8 Å². The number of nitrogen functional groups attached to an aromatic ring is 1. The van der Waals surface area contributed by atoms with Crippen LogP contribution < -0.4 is 11.1 Å². The number of halogens is 1. The van der Waals surface area contributed by atoms with Gasteiger partial charge >= 0.3 is 0 Å². The standard InChI is InChI=1S/C12H15FN2/c1-8-4-5-15-7-10(8)9-2-3-11(13)12(14)6-9/h2-3,6,15H,4-5,7,14H2,1H3.